The lowest BCUT2D eigenvalue weighted by molar-refractivity contribution is 0.0642. The monoisotopic (exact) mass is 467 g/mol. The molecule has 0 saturated carbocycles. The zero-order valence-corrected chi connectivity index (χ0v) is 19.5. The fourth-order valence-corrected chi connectivity index (χ4v) is 5.63. The highest BCUT2D eigenvalue weighted by molar-refractivity contribution is 7.11. The highest BCUT2D eigenvalue weighted by Gasteiger charge is 2.40. The summed E-state index contributed by atoms with van der Waals surface area (Å²) in [4.78, 5) is 48.8. The van der Waals surface area contributed by atoms with Crippen LogP contribution in [0.5, 0.6) is 5.75 Å². The molecule has 3 aromatic rings. The minimum Gasteiger partial charge on any atom is -0.504 e. The van der Waals surface area contributed by atoms with E-state index in [1.54, 1.807) is 16.2 Å². The number of nitrogens with one attached hydrogen (secondary N) is 2. The number of likely N-dealkylation sites (tertiary alicyclic amines) is 1. The van der Waals surface area contributed by atoms with Crippen molar-refractivity contribution in [3.05, 3.63) is 54.0 Å². The molecule has 3 heterocycles. The molecule has 0 bridgehead atoms. The lowest BCUT2D eigenvalue weighted by atomic mass is 9.74. The first-order valence-electron chi connectivity index (χ1n) is 11.0. The molecule has 1 aromatic carbocycles. The first-order valence-corrected chi connectivity index (χ1v) is 11.8. The van der Waals surface area contributed by atoms with Crippen LogP contribution in [0.25, 0.3) is 0 Å². The number of anilines is 3. The molecular formula is C23H25N5O4S. The van der Waals surface area contributed by atoms with Gasteiger partial charge >= 0.3 is 0 Å². The summed E-state index contributed by atoms with van der Waals surface area (Å²) in [6.45, 7) is 7.47. The largest absolute Gasteiger partial charge is 0.504 e. The van der Waals surface area contributed by atoms with E-state index in [0.29, 0.717) is 13.1 Å². The molecule has 10 heteroatoms. The Balaban J connectivity index is 1.45. The second-order valence-corrected chi connectivity index (χ2v) is 10.6. The number of pyridine rings is 1. The van der Waals surface area contributed by atoms with Gasteiger partial charge in [0, 0.05) is 19.3 Å². The average Bonchev–Trinajstić information content (AvgIpc) is 3.11. The zero-order valence-electron chi connectivity index (χ0n) is 18.7. The number of hydrogen-bond donors (Lipinski definition) is 3. The SMILES string of the molecule is Cc1nc2c(s1)C(Nc1c(Nc3ccnc(C(=O)N4CCC4)c3O)c(=O)c1=O)C(C)(C)CC2. The van der Waals surface area contributed by atoms with Gasteiger partial charge < -0.3 is 20.6 Å². The van der Waals surface area contributed by atoms with Gasteiger partial charge in [-0.3, -0.25) is 14.4 Å². The Labute approximate surface area is 194 Å². The first-order chi connectivity index (χ1) is 15.7. The second kappa shape index (κ2) is 7.65. The van der Waals surface area contributed by atoms with Crippen LogP contribution in [-0.2, 0) is 6.42 Å². The maximum absolute atomic E-state index is 12.5. The number of aromatic hydroxyl groups is 1. The number of hydrogen-bond acceptors (Lipinski definition) is 9. The molecule has 1 aliphatic carbocycles. The Morgan fingerprint density at radius 2 is 1.97 bits per heavy atom. The highest BCUT2D eigenvalue weighted by atomic mass is 32.1. The number of carbonyl (C=O) groups is 1. The maximum Gasteiger partial charge on any atom is 0.276 e. The van der Waals surface area contributed by atoms with Gasteiger partial charge in [-0.15, -0.1) is 11.3 Å². The van der Waals surface area contributed by atoms with Crippen molar-refractivity contribution in [2.75, 3.05) is 23.7 Å². The minimum absolute atomic E-state index is 0.0769. The van der Waals surface area contributed by atoms with Crippen molar-refractivity contribution in [3.63, 3.8) is 0 Å². The van der Waals surface area contributed by atoms with Crippen LogP contribution in [0.15, 0.2) is 21.9 Å². The lowest BCUT2D eigenvalue weighted by Crippen LogP contribution is -2.42. The van der Waals surface area contributed by atoms with Gasteiger partial charge in [0.25, 0.3) is 16.8 Å². The molecule has 1 unspecified atom stereocenters. The van der Waals surface area contributed by atoms with Crippen LogP contribution in [0.1, 0.15) is 58.8 Å². The average molecular weight is 468 g/mol. The molecule has 0 spiro atoms. The second-order valence-electron chi connectivity index (χ2n) is 9.34. The van der Waals surface area contributed by atoms with Crippen molar-refractivity contribution >= 4 is 34.3 Å². The fraction of sp³-hybridized carbons (Fsp3) is 0.435. The zero-order chi connectivity index (χ0) is 23.5. The molecule has 172 valence electrons. The normalized spacial score (nSPS) is 19.1. The summed E-state index contributed by atoms with van der Waals surface area (Å²) in [7, 11) is 0. The molecule has 1 aliphatic heterocycles. The Bertz CT molecular complexity index is 1330. The predicted octanol–water partition coefficient (Wildman–Crippen LogP) is 2.86. The van der Waals surface area contributed by atoms with E-state index in [1.807, 2.05) is 6.92 Å². The van der Waals surface area contributed by atoms with Gasteiger partial charge in [-0.1, -0.05) is 13.8 Å². The van der Waals surface area contributed by atoms with E-state index in [1.165, 1.54) is 12.3 Å². The number of fused-ring (bicyclic) bond motifs is 1. The van der Waals surface area contributed by atoms with Gasteiger partial charge in [-0.05, 0) is 37.7 Å². The number of aromatic nitrogens is 2. The van der Waals surface area contributed by atoms with E-state index >= 15 is 0 Å². The third-order valence-corrected chi connectivity index (χ3v) is 7.69. The summed E-state index contributed by atoms with van der Waals surface area (Å²) in [5.74, 6) is -0.699. The fourth-order valence-electron chi connectivity index (χ4n) is 4.40. The van der Waals surface area contributed by atoms with Crippen molar-refractivity contribution in [1.82, 2.24) is 14.9 Å². The molecule has 1 amide bonds. The van der Waals surface area contributed by atoms with Crippen LogP contribution in [0, 0.1) is 12.3 Å². The van der Waals surface area contributed by atoms with Gasteiger partial charge in [0.1, 0.15) is 11.4 Å². The van der Waals surface area contributed by atoms with E-state index in [0.717, 1.165) is 34.8 Å². The molecule has 5 rings (SSSR count). The summed E-state index contributed by atoms with van der Waals surface area (Å²) in [5.41, 5.74) is -0.0584. The molecule has 3 N–H and O–H groups in total. The summed E-state index contributed by atoms with van der Waals surface area (Å²) < 4.78 is 0. The summed E-state index contributed by atoms with van der Waals surface area (Å²) in [6, 6.07) is 1.30. The minimum atomic E-state index is -0.668. The summed E-state index contributed by atoms with van der Waals surface area (Å²) >= 11 is 1.60. The Morgan fingerprint density at radius 1 is 1.24 bits per heavy atom. The van der Waals surface area contributed by atoms with Gasteiger partial charge in [-0.2, -0.15) is 0 Å². The van der Waals surface area contributed by atoms with Crippen LogP contribution >= 0.6 is 11.3 Å². The van der Waals surface area contributed by atoms with Gasteiger partial charge in [0.15, 0.2) is 11.4 Å². The van der Waals surface area contributed by atoms with Crippen LogP contribution in [0.3, 0.4) is 0 Å². The number of aryl methyl sites for hydroxylation is 2. The maximum atomic E-state index is 12.5. The van der Waals surface area contributed by atoms with Crippen molar-refractivity contribution in [2.24, 2.45) is 5.41 Å². The lowest BCUT2D eigenvalue weighted by Gasteiger charge is -2.39. The summed E-state index contributed by atoms with van der Waals surface area (Å²) in [5, 5.41) is 17.8. The molecule has 2 aromatic heterocycles. The molecule has 1 saturated heterocycles. The van der Waals surface area contributed by atoms with E-state index in [2.05, 4.69) is 34.4 Å². The van der Waals surface area contributed by atoms with Crippen molar-refractivity contribution in [1.29, 1.82) is 0 Å². The molecular weight excluding hydrogens is 442 g/mol. The number of nitrogens with zero attached hydrogens (tertiary/aromatic N) is 3. The summed E-state index contributed by atoms with van der Waals surface area (Å²) in [6.07, 6.45) is 4.08. The Kier molecular flexibility index (Phi) is 5.00. The van der Waals surface area contributed by atoms with E-state index in [4.69, 9.17) is 0 Å². The number of amides is 1. The molecule has 1 fully saturated rings. The third-order valence-electron chi connectivity index (χ3n) is 6.61. The Hall–Kier alpha value is -3.27. The third kappa shape index (κ3) is 3.49. The molecule has 2 aliphatic rings. The molecule has 33 heavy (non-hydrogen) atoms. The van der Waals surface area contributed by atoms with Gasteiger partial charge in [0.05, 0.1) is 27.3 Å². The molecule has 1 atom stereocenters. The van der Waals surface area contributed by atoms with Crippen molar-refractivity contribution in [3.8, 4) is 5.75 Å². The van der Waals surface area contributed by atoms with Crippen molar-refractivity contribution < 1.29 is 9.90 Å². The van der Waals surface area contributed by atoms with Crippen LogP contribution in [-0.4, -0.2) is 39.0 Å². The predicted molar refractivity (Wildman–Crippen MR) is 126 cm³/mol. The van der Waals surface area contributed by atoms with E-state index in [-0.39, 0.29) is 45.9 Å². The number of thiazole rings is 1. The topological polar surface area (TPSA) is 125 Å². The first kappa shape index (κ1) is 21.6. The van der Waals surface area contributed by atoms with Crippen molar-refractivity contribution in [2.45, 2.75) is 46.1 Å². The van der Waals surface area contributed by atoms with Gasteiger partial charge in [-0.25, -0.2) is 9.97 Å². The highest BCUT2D eigenvalue weighted by Crippen LogP contribution is 2.47. The van der Waals surface area contributed by atoms with E-state index in [9.17, 15) is 19.5 Å². The molecule has 0 radical (unpaired) electrons. The van der Waals surface area contributed by atoms with Crippen LogP contribution in [0.2, 0.25) is 0 Å². The van der Waals surface area contributed by atoms with Crippen LogP contribution < -0.4 is 21.5 Å². The Morgan fingerprint density at radius 3 is 2.67 bits per heavy atom. The number of carbonyl (C=O) groups excluding carboxylic acids is 1. The van der Waals surface area contributed by atoms with Gasteiger partial charge in [0.2, 0.25) is 0 Å². The molecule has 9 nitrogen and oxygen atoms in total. The smallest absolute Gasteiger partial charge is 0.276 e. The van der Waals surface area contributed by atoms with E-state index < -0.39 is 10.9 Å². The quantitative estimate of drug-likeness (QED) is 0.489. The standard InChI is InChI=1S/C23H25N5O4S/c1-11-25-13-5-7-23(2,3)21(20(13)33-11)27-15-14(18(30)19(15)31)26-12-6-8-24-16(17(12)29)22(32)28-9-4-10-28/h6,8,21,27,29H,4-5,7,9-10H2,1-3H3,(H,24,26). The van der Waals surface area contributed by atoms with Crippen LogP contribution in [0.4, 0.5) is 17.1 Å². The number of rotatable bonds is 5.